The van der Waals surface area contributed by atoms with Crippen LogP contribution in [0.5, 0.6) is 0 Å². The lowest BCUT2D eigenvalue weighted by Crippen LogP contribution is -2.14. The molecule has 0 unspecified atom stereocenters. The summed E-state index contributed by atoms with van der Waals surface area (Å²) in [7, 11) is 0. The maximum atomic E-state index is 12.0. The smallest absolute Gasteiger partial charge is 0.261 e. The molecule has 0 atom stereocenters. The Labute approximate surface area is 130 Å². The zero-order valence-corrected chi connectivity index (χ0v) is 12.5. The molecule has 1 amide bonds. The van der Waals surface area contributed by atoms with Crippen molar-refractivity contribution >= 4 is 35.0 Å². The lowest BCUT2D eigenvalue weighted by molar-refractivity contribution is 0.102. The summed E-state index contributed by atoms with van der Waals surface area (Å²) in [5.41, 5.74) is 1.22. The van der Waals surface area contributed by atoms with Crippen LogP contribution in [0.3, 0.4) is 0 Å². The van der Waals surface area contributed by atoms with Crippen LogP contribution in [0.4, 0.5) is 17.6 Å². The zero-order valence-electron chi connectivity index (χ0n) is 11.6. The van der Waals surface area contributed by atoms with Gasteiger partial charge in [-0.15, -0.1) is 0 Å². The van der Waals surface area contributed by atoms with Crippen LogP contribution < -0.4 is 10.6 Å². The van der Waals surface area contributed by atoms with Crippen LogP contribution in [0.15, 0.2) is 42.7 Å². The third-order valence-electron chi connectivity index (χ3n) is 2.70. The average Bonchev–Trinajstić information content (AvgIpc) is 2.94. The number of carbonyl (C=O) groups excluding carboxylic acids is 1. The van der Waals surface area contributed by atoms with Gasteiger partial charge in [-0.05, 0) is 30.6 Å². The molecule has 0 aliphatic carbocycles. The molecule has 0 radical (unpaired) electrons. The van der Waals surface area contributed by atoms with Gasteiger partial charge in [-0.1, -0.05) is 18.2 Å². The number of aromatic nitrogens is 4. The molecule has 110 valence electrons. The fraction of sp³-hybridized carbons (Fsp3) is 0.0714. The molecule has 0 fully saturated rings. The number of benzene rings is 1. The average molecular weight is 312 g/mol. The van der Waals surface area contributed by atoms with Gasteiger partial charge in [0.2, 0.25) is 11.9 Å². The van der Waals surface area contributed by atoms with Gasteiger partial charge in [0.05, 0.1) is 5.56 Å². The number of hydrogen-bond donors (Lipinski definition) is 2. The molecule has 0 aliphatic heterocycles. The minimum Gasteiger partial charge on any atom is -0.324 e. The molecule has 1 aromatic carbocycles. The summed E-state index contributed by atoms with van der Waals surface area (Å²) in [6, 6.07) is 9.55. The number of hydrogen-bond acceptors (Lipinski definition) is 7. The Balaban J connectivity index is 1.67. The minimum absolute atomic E-state index is 0.291. The number of para-hydroxylation sites is 1. The quantitative estimate of drug-likeness (QED) is 0.769. The Morgan fingerprint density at radius 3 is 2.45 bits per heavy atom. The molecule has 7 nitrogen and oxygen atoms in total. The first kappa shape index (κ1) is 14.1. The van der Waals surface area contributed by atoms with Crippen molar-refractivity contribution in [3.05, 3.63) is 53.3 Å². The molecule has 3 rings (SSSR count). The highest BCUT2D eigenvalue weighted by Gasteiger charge is 2.10. The van der Waals surface area contributed by atoms with Crippen molar-refractivity contribution in [3.63, 3.8) is 0 Å². The van der Waals surface area contributed by atoms with Crippen molar-refractivity contribution in [1.29, 1.82) is 0 Å². The first-order chi connectivity index (χ1) is 10.7. The highest BCUT2D eigenvalue weighted by atomic mass is 32.1. The molecule has 2 N–H and O–H groups in total. The Bertz CT molecular complexity index is 772. The van der Waals surface area contributed by atoms with E-state index in [-0.39, 0.29) is 5.91 Å². The van der Waals surface area contributed by atoms with Gasteiger partial charge in [0, 0.05) is 18.1 Å². The van der Waals surface area contributed by atoms with E-state index in [0.717, 1.165) is 10.7 Å². The number of aryl methyl sites for hydroxylation is 1. The van der Waals surface area contributed by atoms with Gasteiger partial charge in [0.15, 0.2) is 0 Å². The van der Waals surface area contributed by atoms with Gasteiger partial charge in [0.1, 0.15) is 5.01 Å². The summed E-state index contributed by atoms with van der Waals surface area (Å²) < 4.78 is 4.00. The Hall–Kier alpha value is -2.87. The van der Waals surface area contributed by atoms with Crippen LogP contribution in [0, 0.1) is 6.92 Å². The van der Waals surface area contributed by atoms with Gasteiger partial charge in [-0.3, -0.25) is 10.1 Å². The van der Waals surface area contributed by atoms with Crippen molar-refractivity contribution < 1.29 is 4.79 Å². The van der Waals surface area contributed by atoms with E-state index < -0.39 is 0 Å². The molecule has 0 saturated carbocycles. The molecular weight excluding hydrogens is 300 g/mol. The summed E-state index contributed by atoms with van der Waals surface area (Å²) in [5, 5.41) is 6.43. The van der Waals surface area contributed by atoms with Crippen molar-refractivity contribution in [1.82, 2.24) is 19.3 Å². The lowest BCUT2D eigenvalue weighted by Gasteiger charge is -2.05. The molecule has 22 heavy (non-hydrogen) atoms. The molecule has 2 aromatic heterocycles. The number of carbonyl (C=O) groups is 1. The van der Waals surface area contributed by atoms with E-state index in [0.29, 0.717) is 17.5 Å². The summed E-state index contributed by atoms with van der Waals surface area (Å²) in [4.78, 5) is 24.3. The van der Waals surface area contributed by atoms with Crippen LogP contribution in [0.25, 0.3) is 0 Å². The predicted octanol–water partition coefficient (Wildman–Crippen LogP) is 2.63. The van der Waals surface area contributed by atoms with Gasteiger partial charge < -0.3 is 5.32 Å². The molecule has 0 aliphatic rings. The van der Waals surface area contributed by atoms with E-state index >= 15 is 0 Å². The summed E-state index contributed by atoms with van der Waals surface area (Å²) in [6.07, 6.45) is 2.90. The Morgan fingerprint density at radius 2 is 1.82 bits per heavy atom. The predicted molar refractivity (Wildman–Crippen MR) is 84.4 cm³/mol. The molecule has 2 heterocycles. The monoisotopic (exact) mass is 312 g/mol. The second-order valence-electron chi connectivity index (χ2n) is 4.38. The van der Waals surface area contributed by atoms with Gasteiger partial charge in [0.25, 0.3) is 5.91 Å². The van der Waals surface area contributed by atoms with Gasteiger partial charge in [-0.2, -0.15) is 4.37 Å². The highest BCUT2D eigenvalue weighted by molar-refractivity contribution is 7.05. The fourth-order valence-electron chi connectivity index (χ4n) is 1.68. The standard InChI is InChI=1S/C14H12N6OS/c1-9-17-14(20-22-9)19-12(21)10-7-15-13(16-8-10)18-11-5-3-2-4-6-11/h2-8H,1H3,(H,15,16,18)(H,19,20,21). The van der Waals surface area contributed by atoms with Crippen molar-refractivity contribution in [2.45, 2.75) is 6.92 Å². The van der Waals surface area contributed by atoms with Crippen molar-refractivity contribution in [2.24, 2.45) is 0 Å². The molecule has 0 saturated heterocycles. The number of amides is 1. The van der Waals surface area contributed by atoms with E-state index in [4.69, 9.17) is 0 Å². The molecule has 3 aromatic rings. The van der Waals surface area contributed by atoms with E-state index in [2.05, 4.69) is 30.0 Å². The second-order valence-corrected chi connectivity index (χ2v) is 5.33. The zero-order chi connectivity index (χ0) is 15.4. The minimum atomic E-state index is -0.343. The van der Waals surface area contributed by atoms with Crippen molar-refractivity contribution in [2.75, 3.05) is 10.6 Å². The van der Waals surface area contributed by atoms with E-state index in [1.165, 1.54) is 23.9 Å². The van der Waals surface area contributed by atoms with E-state index in [1.54, 1.807) is 0 Å². The van der Waals surface area contributed by atoms with Crippen LogP contribution in [-0.4, -0.2) is 25.2 Å². The fourth-order valence-corrected chi connectivity index (χ4v) is 2.12. The van der Waals surface area contributed by atoms with E-state index in [9.17, 15) is 4.79 Å². The number of rotatable bonds is 4. The first-order valence-electron chi connectivity index (χ1n) is 6.46. The maximum Gasteiger partial charge on any atom is 0.261 e. The molecule has 0 bridgehead atoms. The molecular formula is C14H12N6OS. The Morgan fingerprint density at radius 1 is 1.09 bits per heavy atom. The number of nitrogens with one attached hydrogen (secondary N) is 2. The van der Waals surface area contributed by atoms with E-state index in [1.807, 2.05) is 37.3 Å². The van der Waals surface area contributed by atoms with Crippen LogP contribution in [0.1, 0.15) is 15.4 Å². The second kappa shape index (κ2) is 6.27. The third kappa shape index (κ3) is 3.41. The largest absolute Gasteiger partial charge is 0.324 e. The summed E-state index contributed by atoms with van der Waals surface area (Å²) >= 11 is 1.23. The van der Waals surface area contributed by atoms with Crippen molar-refractivity contribution in [3.8, 4) is 0 Å². The summed E-state index contributed by atoms with van der Waals surface area (Å²) in [5.74, 6) is 0.369. The lowest BCUT2D eigenvalue weighted by atomic mass is 10.3. The SMILES string of the molecule is Cc1nc(NC(=O)c2cnc(Nc3ccccc3)nc2)ns1. The highest BCUT2D eigenvalue weighted by Crippen LogP contribution is 2.12. The number of anilines is 3. The number of nitrogens with zero attached hydrogens (tertiary/aromatic N) is 4. The van der Waals surface area contributed by atoms with Gasteiger partial charge in [-0.25, -0.2) is 15.0 Å². The van der Waals surface area contributed by atoms with Crippen LogP contribution in [-0.2, 0) is 0 Å². The normalized spacial score (nSPS) is 10.2. The topological polar surface area (TPSA) is 92.7 Å². The molecule has 0 spiro atoms. The van der Waals surface area contributed by atoms with Crippen LogP contribution in [0.2, 0.25) is 0 Å². The summed E-state index contributed by atoms with van der Waals surface area (Å²) in [6.45, 7) is 1.82. The van der Waals surface area contributed by atoms with Gasteiger partial charge >= 0.3 is 0 Å². The maximum absolute atomic E-state index is 12.0. The molecule has 8 heteroatoms. The Kier molecular flexibility index (Phi) is 4.01. The third-order valence-corrected chi connectivity index (χ3v) is 3.32. The van der Waals surface area contributed by atoms with Crippen LogP contribution >= 0.6 is 11.5 Å². The first-order valence-corrected chi connectivity index (χ1v) is 7.24.